The zero-order chi connectivity index (χ0) is 15.0. The van der Waals surface area contributed by atoms with Gasteiger partial charge >= 0.3 is 0 Å². The minimum Gasteiger partial charge on any atom is -0.482 e. The van der Waals surface area contributed by atoms with E-state index in [0.29, 0.717) is 11.4 Å². The van der Waals surface area contributed by atoms with Crippen LogP contribution in [0, 0.1) is 13.8 Å². The van der Waals surface area contributed by atoms with Gasteiger partial charge in [0.25, 0.3) is 5.91 Å². The van der Waals surface area contributed by atoms with Crippen LogP contribution in [0.25, 0.3) is 0 Å². The highest BCUT2D eigenvalue weighted by atomic mass is 32.1. The van der Waals surface area contributed by atoms with E-state index < -0.39 is 0 Å². The molecule has 0 saturated carbocycles. The van der Waals surface area contributed by atoms with E-state index in [1.54, 1.807) is 11.3 Å². The van der Waals surface area contributed by atoms with Gasteiger partial charge in [-0.2, -0.15) is 0 Å². The first kappa shape index (κ1) is 13.9. The number of rotatable bonds is 3. The van der Waals surface area contributed by atoms with E-state index in [4.69, 9.17) is 4.74 Å². The van der Waals surface area contributed by atoms with Gasteiger partial charge in [0.05, 0.1) is 22.4 Å². The number of thiazole rings is 1. The molecule has 0 saturated heterocycles. The van der Waals surface area contributed by atoms with Gasteiger partial charge in [0.15, 0.2) is 6.61 Å². The molecule has 1 aliphatic rings. The van der Waals surface area contributed by atoms with Gasteiger partial charge in [0.2, 0.25) is 0 Å². The van der Waals surface area contributed by atoms with Crippen molar-refractivity contribution in [3.8, 4) is 5.75 Å². The SMILES string of the molecule is Cc1nc(C)c(C(C)Nc2ccc3c(c2)NC(=O)CO3)s1. The van der Waals surface area contributed by atoms with Crippen LogP contribution in [0.4, 0.5) is 11.4 Å². The molecule has 2 heterocycles. The molecule has 3 rings (SSSR count). The largest absolute Gasteiger partial charge is 0.482 e. The fourth-order valence-corrected chi connectivity index (χ4v) is 3.37. The van der Waals surface area contributed by atoms with Gasteiger partial charge in [0.1, 0.15) is 5.75 Å². The number of ether oxygens (including phenoxy) is 1. The molecule has 1 atom stereocenters. The molecule has 0 spiro atoms. The molecule has 110 valence electrons. The van der Waals surface area contributed by atoms with Crippen molar-refractivity contribution >= 4 is 28.6 Å². The predicted molar refractivity (Wildman–Crippen MR) is 84.2 cm³/mol. The average Bonchev–Trinajstić information content (AvgIpc) is 2.77. The van der Waals surface area contributed by atoms with Crippen molar-refractivity contribution in [2.75, 3.05) is 17.2 Å². The molecule has 0 radical (unpaired) electrons. The minimum atomic E-state index is -0.123. The summed E-state index contributed by atoms with van der Waals surface area (Å²) in [5.41, 5.74) is 2.71. The van der Waals surface area contributed by atoms with Gasteiger partial charge in [-0.3, -0.25) is 4.79 Å². The number of benzene rings is 1. The number of amides is 1. The van der Waals surface area contributed by atoms with Crippen molar-refractivity contribution in [1.29, 1.82) is 0 Å². The summed E-state index contributed by atoms with van der Waals surface area (Å²) in [5.74, 6) is 0.583. The number of hydrogen-bond donors (Lipinski definition) is 2. The number of carbonyl (C=O) groups is 1. The Balaban J connectivity index is 1.80. The van der Waals surface area contributed by atoms with E-state index in [1.807, 2.05) is 32.0 Å². The number of aromatic nitrogens is 1. The highest BCUT2D eigenvalue weighted by molar-refractivity contribution is 7.11. The number of anilines is 2. The molecule has 2 N–H and O–H groups in total. The van der Waals surface area contributed by atoms with Crippen LogP contribution >= 0.6 is 11.3 Å². The number of nitrogens with zero attached hydrogens (tertiary/aromatic N) is 1. The normalized spacial score (nSPS) is 14.9. The van der Waals surface area contributed by atoms with Crippen molar-refractivity contribution < 1.29 is 9.53 Å². The second kappa shape index (κ2) is 5.37. The van der Waals surface area contributed by atoms with Crippen LogP contribution in [0.3, 0.4) is 0 Å². The maximum Gasteiger partial charge on any atom is 0.262 e. The third-order valence-corrected chi connectivity index (χ3v) is 4.58. The standard InChI is InChI=1S/C15H17N3O2S/c1-8-15(21-10(3)16-8)9(2)17-11-4-5-13-12(6-11)18-14(19)7-20-13/h4-6,9,17H,7H2,1-3H3,(H,18,19). The topological polar surface area (TPSA) is 63.2 Å². The second-order valence-electron chi connectivity index (χ2n) is 5.10. The fraction of sp³-hybridized carbons (Fsp3) is 0.333. The number of fused-ring (bicyclic) bond motifs is 1. The van der Waals surface area contributed by atoms with Crippen molar-refractivity contribution in [2.45, 2.75) is 26.8 Å². The van der Waals surface area contributed by atoms with E-state index in [1.165, 1.54) is 4.88 Å². The molecular formula is C15H17N3O2S. The molecule has 1 amide bonds. The molecular weight excluding hydrogens is 286 g/mol. The highest BCUT2D eigenvalue weighted by Gasteiger charge is 2.17. The lowest BCUT2D eigenvalue weighted by Gasteiger charge is -2.20. The molecule has 0 aliphatic carbocycles. The van der Waals surface area contributed by atoms with Crippen molar-refractivity contribution in [3.63, 3.8) is 0 Å². The van der Waals surface area contributed by atoms with Crippen LogP contribution in [-0.2, 0) is 4.79 Å². The molecule has 2 aromatic rings. The summed E-state index contributed by atoms with van der Waals surface area (Å²) in [5, 5.41) is 7.33. The van der Waals surface area contributed by atoms with Crippen LogP contribution in [-0.4, -0.2) is 17.5 Å². The third-order valence-electron chi connectivity index (χ3n) is 3.33. The predicted octanol–water partition coefficient (Wildman–Crippen LogP) is 3.26. The third kappa shape index (κ3) is 2.85. The van der Waals surface area contributed by atoms with Crippen LogP contribution in [0.5, 0.6) is 5.75 Å². The van der Waals surface area contributed by atoms with Gasteiger partial charge < -0.3 is 15.4 Å². The minimum absolute atomic E-state index is 0.0789. The van der Waals surface area contributed by atoms with E-state index in [9.17, 15) is 4.79 Å². The van der Waals surface area contributed by atoms with Gasteiger partial charge in [-0.15, -0.1) is 11.3 Å². The van der Waals surface area contributed by atoms with Gasteiger partial charge in [-0.1, -0.05) is 0 Å². The molecule has 0 bridgehead atoms. The lowest BCUT2D eigenvalue weighted by molar-refractivity contribution is -0.118. The van der Waals surface area contributed by atoms with E-state index in [-0.39, 0.29) is 18.6 Å². The summed E-state index contributed by atoms with van der Waals surface area (Å²) in [4.78, 5) is 17.0. The lowest BCUT2D eigenvalue weighted by Crippen LogP contribution is -2.25. The second-order valence-corrected chi connectivity index (χ2v) is 6.33. The van der Waals surface area contributed by atoms with Crippen molar-refractivity contribution in [1.82, 2.24) is 4.98 Å². The molecule has 0 fully saturated rings. The van der Waals surface area contributed by atoms with Crippen LogP contribution < -0.4 is 15.4 Å². The van der Waals surface area contributed by atoms with Crippen LogP contribution in [0.2, 0.25) is 0 Å². The van der Waals surface area contributed by atoms with E-state index >= 15 is 0 Å². The lowest BCUT2D eigenvalue weighted by atomic mass is 10.2. The average molecular weight is 303 g/mol. The molecule has 5 nitrogen and oxygen atoms in total. The first-order chi connectivity index (χ1) is 10.0. The van der Waals surface area contributed by atoms with E-state index in [0.717, 1.165) is 16.4 Å². The monoisotopic (exact) mass is 303 g/mol. The first-order valence-electron chi connectivity index (χ1n) is 6.80. The fourth-order valence-electron chi connectivity index (χ4n) is 2.44. The molecule has 1 aromatic carbocycles. The maximum absolute atomic E-state index is 11.4. The zero-order valence-corrected chi connectivity index (χ0v) is 13.0. The molecule has 21 heavy (non-hydrogen) atoms. The number of carbonyl (C=O) groups excluding carboxylic acids is 1. The molecule has 1 unspecified atom stereocenters. The maximum atomic E-state index is 11.4. The summed E-state index contributed by atoms with van der Waals surface area (Å²) in [6.07, 6.45) is 0. The Morgan fingerprint density at radius 1 is 1.43 bits per heavy atom. The van der Waals surface area contributed by atoms with Crippen LogP contribution in [0.1, 0.15) is 28.5 Å². The van der Waals surface area contributed by atoms with Gasteiger partial charge in [-0.05, 0) is 39.0 Å². The summed E-state index contributed by atoms with van der Waals surface area (Å²) < 4.78 is 5.36. The van der Waals surface area contributed by atoms with Crippen LogP contribution in [0.15, 0.2) is 18.2 Å². The number of aryl methyl sites for hydroxylation is 2. The Morgan fingerprint density at radius 3 is 2.95 bits per heavy atom. The smallest absolute Gasteiger partial charge is 0.262 e. The van der Waals surface area contributed by atoms with Crippen molar-refractivity contribution in [2.24, 2.45) is 0 Å². The summed E-state index contributed by atoms with van der Waals surface area (Å²) in [6.45, 7) is 6.22. The molecule has 6 heteroatoms. The molecule has 1 aromatic heterocycles. The Bertz CT molecular complexity index is 696. The van der Waals surface area contributed by atoms with E-state index in [2.05, 4.69) is 22.5 Å². The summed E-state index contributed by atoms with van der Waals surface area (Å²) in [7, 11) is 0. The Labute approximate surface area is 127 Å². The number of hydrogen-bond acceptors (Lipinski definition) is 5. The Kier molecular flexibility index (Phi) is 3.55. The first-order valence-corrected chi connectivity index (χ1v) is 7.62. The molecule has 1 aliphatic heterocycles. The Hall–Kier alpha value is -2.08. The summed E-state index contributed by atoms with van der Waals surface area (Å²) in [6, 6.07) is 5.88. The highest BCUT2D eigenvalue weighted by Crippen LogP contribution is 2.33. The number of nitrogens with one attached hydrogen (secondary N) is 2. The van der Waals surface area contributed by atoms with Gasteiger partial charge in [0, 0.05) is 10.6 Å². The van der Waals surface area contributed by atoms with Gasteiger partial charge in [-0.25, -0.2) is 4.98 Å². The quantitative estimate of drug-likeness (QED) is 0.913. The summed E-state index contributed by atoms with van der Waals surface area (Å²) >= 11 is 1.70. The Morgan fingerprint density at radius 2 is 2.24 bits per heavy atom. The zero-order valence-electron chi connectivity index (χ0n) is 12.2. The van der Waals surface area contributed by atoms with Crippen molar-refractivity contribution in [3.05, 3.63) is 33.8 Å².